The number of nitrogens with zero attached hydrogens (tertiary/aromatic N) is 1. The first-order valence-corrected chi connectivity index (χ1v) is 5.96. The monoisotopic (exact) mass is 257 g/mol. The Labute approximate surface area is 106 Å². The summed E-state index contributed by atoms with van der Waals surface area (Å²) in [6.45, 7) is 2.25. The summed E-state index contributed by atoms with van der Waals surface area (Å²) in [7, 11) is 1.63. The lowest BCUT2D eigenvalue weighted by atomic mass is 10.2. The van der Waals surface area contributed by atoms with Crippen LogP contribution < -0.4 is 10.6 Å². The number of nitrogens with one attached hydrogen (secondary N) is 2. The van der Waals surface area contributed by atoms with Gasteiger partial charge in [-0.05, 0) is 25.7 Å². The molecule has 1 aliphatic rings. The number of likely N-dealkylation sites (N-methyl/N-ethyl adjacent to an activating group) is 1. The molecule has 102 valence electrons. The van der Waals surface area contributed by atoms with Crippen molar-refractivity contribution in [3.8, 4) is 0 Å². The lowest BCUT2D eigenvalue weighted by molar-refractivity contribution is -0.139. The highest BCUT2D eigenvalue weighted by atomic mass is 16.4. The molecule has 0 heterocycles. The first-order chi connectivity index (χ1) is 8.45. The smallest absolute Gasteiger partial charge is 0.326 e. The van der Waals surface area contributed by atoms with E-state index in [-0.39, 0.29) is 18.4 Å². The van der Waals surface area contributed by atoms with Crippen LogP contribution in [0.4, 0.5) is 4.79 Å². The molecule has 1 atom stereocenters. The zero-order valence-corrected chi connectivity index (χ0v) is 10.6. The minimum absolute atomic E-state index is 0.0160. The van der Waals surface area contributed by atoms with Crippen molar-refractivity contribution in [3.63, 3.8) is 0 Å². The summed E-state index contributed by atoms with van der Waals surface area (Å²) in [6.07, 6.45) is 1.63. The molecular weight excluding hydrogens is 238 g/mol. The topological polar surface area (TPSA) is 98.7 Å². The van der Waals surface area contributed by atoms with Crippen LogP contribution in [0.1, 0.15) is 19.8 Å². The van der Waals surface area contributed by atoms with Crippen molar-refractivity contribution in [3.05, 3.63) is 0 Å². The summed E-state index contributed by atoms with van der Waals surface area (Å²) in [5.41, 5.74) is 0. The summed E-state index contributed by atoms with van der Waals surface area (Å²) < 4.78 is 0. The molecule has 0 saturated heterocycles. The van der Waals surface area contributed by atoms with Gasteiger partial charge in [0.1, 0.15) is 6.04 Å². The van der Waals surface area contributed by atoms with Gasteiger partial charge in [0.2, 0.25) is 5.91 Å². The maximum Gasteiger partial charge on any atom is 0.326 e. The first-order valence-electron chi connectivity index (χ1n) is 5.96. The Hall–Kier alpha value is -1.79. The molecule has 1 saturated carbocycles. The fraction of sp³-hybridized carbons (Fsp3) is 0.727. The average molecular weight is 257 g/mol. The third kappa shape index (κ3) is 4.23. The van der Waals surface area contributed by atoms with Crippen molar-refractivity contribution in [1.82, 2.24) is 15.5 Å². The Kier molecular flexibility index (Phi) is 4.94. The molecule has 0 aromatic heterocycles. The number of hydrogen-bond acceptors (Lipinski definition) is 3. The van der Waals surface area contributed by atoms with Gasteiger partial charge in [-0.15, -0.1) is 0 Å². The van der Waals surface area contributed by atoms with Crippen molar-refractivity contribution in [2.24, 2.45) is 5.92 Å². The molecule has 1 unspecified atom stereocenters. The van der Waals surface area contributed by atoms with Gasteiger partial charge >= 0.3 is 12.0 Å². The van der Waals surface area contributed by atoms with E-state index in [1.165, 1.54) is 4.90 Å². The lowest BCUT2D eigenvalue weighted by Crippen LogP contribution is -2.49. The molecule has 1 aliphatic carbocycles. The maximum atomic E-state index is 11.4. The SMILES string of the molecule is CCN(C)C(=O)CNC(=O)NC(C(=O)O)C1CC1. The van der Waals surface area contributed by atoms with Crippen molar-refractivity contribution >= 4 is 17.9 Å². The van der Waals surface area contributed by atoms with E-state index in [1.54, 1.807) is 7.05 Å². The largest absolute Gasteiger partial charge is 0.480 e. The van der Waals surface area contributed by atoms with Crippen molar-refractivity contribution in [2.75, 3.05) is 20.1 Å². The highest BCUT2D eigenvalue weighted by Gasteiger charge is 2.37. The second kappa shape index (κ2) is 6.23. The van der Waals surface area contributed by atoms with Gasteiger partial charge in [-0.25, -0.2) is 9.59 Å². The third-order valence-electron chi connectivity index (χ3n) is 2.95. The minimum atomic E-state index is -1.04. The van der Waals surface area contributed by atoms with Gasteiger partial charge in [-0.2, -0.15) is 0 Å². The summed E-state index contributed by atoms with van der Waals surface area (Å²) in [5, 5.41) is 13.7. The summed E-state index contributed by atoms with van der Waals surface area (Å²) in [4.78, 5) is 35.2. The molecule has 0 bridgehead atoms. The molecule has 18 heavy (non-hydrogen) atoms. The predicted molar refractivity (Wildman–Crippen MR) is 64.0 cm³/mol. The zero-order chi connectivity index (χ0) is 13.7. The number of carboxylic acids is 1. The number of carbonyl (C=O) groups excluding carboxylic acids is 2. The molecule has 0 aliphatic heterocycles. The van der Waals surface area contributed by atoms with E-state index in [0.29, 0.717) is 6.54 Å². The Balaban J connectivity index is 2.32. The van der Waals surface area contributed by atoms with Crippen LogP contribution in [0.3, 0.4) is 0 Å². The molecule has 0 aromatic rings. The van der Waals surface area contributed by atoms with Crippen LogP contribution >= 0.6 is 0 Å². The van der Waals surface area contributed by atoms with Gasteiger partial charge in [0.05, 0.1) is 6.54 Å². The van der Waals surface area contributed by atoms with Gasteiger partial charge in [-0.3, -0.25) is 4.79 Å². The molecule has 3 N–H and O–H groups in total. The molecule has 7 nitrogen and oxygen atoms in total. The Morgan fingerprint density at radius 3 is 2.44 bits per heavy atom. The fourth-order valence-corrected chi connectivity index (χ4v) is 1.47. The molecule has 1 fully saturated rings. The average Bonchev–Trinajstić information content (AvgIpc) is 3.15. The van der Waals surface area contributed by atoms with E-state index in [4.69, 9.17) is 5.11 Å². The lowest BCUT2D eigenvalue weighted by Gasteiger charge is -2.17. The third-order valence-corrected chi connectivity index (χ3v) is 2.95. The second-order valence-corrected chi connectivity index (χ2v) is 4.39. The predicted octanol–water partition coefficient (Wildman–Crippen LogP) is -0.373. The van der Waals surface area contributed by atoms with E-state index in [2.05, 4.69) is 10.6 Å². The van der Waals surface area contributed by atoms with E-state index < -0.39 is 18.0 Å². The van der Waals surface area contributed by atoms with E-state index in [0.717, 1.165) is 12.8 Å². The molecule has 0 spiro atoms. The van der Waals surface area contributed by atoms with Gasteiger partial charge in [0, 0.05) is 13.6 Å². The van der Waals surface area contributed by atoms with Crippen LogP contribution in [0, 0.1) is 5.92 Å². The summed E-state index contributed by atoms with van der Waals surface area (Å²) in [5.74, 6) is -1.24. The zero-order valence-electron chi connectivity index (χ0n) is 10.6. The number of hydrogen-bond donors (Lipinski definition) is 3. The maximum absolute atomic E-state index is 11.4. The van der Waals surface area contributed by atoms with Gasteiger partial charge in [-0.1, -0.05) is 0 Å². The van der Waals surface area contributed by atoms with Crippen molar-refractivity contribution in [1.29, 1.82) is 0 Å². The van der Waals surface area contributed by atoms with Crippen LogP contribution in [0.5, 0.6) is 0 Å². The van der Waals surface area contributed by atoms with E-state index in [9.17, 15) is 14.4 Å². The highest BCUT2D eigenvalue weighted by molar-refractivity contribution is 5.86. The van der Waals surface area contributed by atoms with Crippen LogP contribution in [0.25, 0.3) is 0 Å². The molecule has 1 rings (SSSR count). The minimum Gasteiger partial charge on any atom is -0.480 e. The molecule has 0 aromatic carbocycles. The molecular formula is C11H19N3O4. The summed E-state index contributed by atoms with van der Waals surface area (Å²) in [6, 6.07) is -1.48. The van der Waals surface area contributed by atoms with Gasteiger partial charge in [0.25, 0.3) is 0 Å². The molecule has 7 heteroatoms. The van der Waals surface area contributed by atoms with Crippen LogP contribution in [-0.4, -0.2) is 54.1 Å². The van der Waals surface area contributed by atoms with Crippen molar-refractivity contribution < 1.29 is 19.5 Å². The number of aliphatic carboxylic acids is 1. The molecule has 0 radical (unpaired) electrons. The van der Waals surface area contributed by atoms with E-state index >= 15 is 0 Å². The van der Waals surface area contributed by atoms with Crippen molar-refractivity contribution in [2.45, 2.75) is 25.8 Å². The Bertz CT molecular complexity index is 341. The molecule has 3 amide bonds. The normalized spacial score (nSPS) is 15.7. The quantitative estimate of drug-likeness (QED) is 0.604. The van der Waals surface area contributed by atoms with Crippen LogP contribution in [0.15, 0.2) is 0 Å². The number of carbonyl (C=O) groups is 3. The Morgan fingerprint density at radius 2 is 2.00 bits per heavy atom. The summed E-state index contributed by atoms with van der Waals surface area (Å²) >= 11 is 0. The van der Waals surface area contributed by atoms with Gasteiger partial charge < -0.3 is 20.6 Å². The first kappa shape index (κ1) is 14.3. The van der Waals surface area contributed by atoms with Crippen LogP contribution in [-0.2, 0) is 9.59 Å². The second-order valence-electron chi connectivity index (χ2n) is 4.39. The van der Waals surface area contributed by atoms with Gasteiger partial charge in [0.15, 0.2) is 0 Å². The number of urea groups is 1. The number of rotatable bonds is 6. The highest BCUT2D eigenvalue weighted by Crippen LogP contribution is 2.32. The van der Waals surface area contributed by atoms with E-state index in [1.807, 2.05) is 6.92 Å². The Morgan fingerprint density at radius 1 is 1.39 bits per heavy atom. The van der Waals surface area contributed by atoms with Crippen LogP contribution in [0.2, 0.25) is 0 Å². The number of carboxylic acid groups (broad SMARTS) is 1. The standard InChI is InChI=1S/C11H19N3O4/c1-3-14(2)8(15)6-12-11(18)13-9(10(16)17)7-4-5-7/h7,9H,3-6H2,1-2H3,(H,16,17)(H2,12,13,18). The number of amides is 3. The fourth-order valence-electron chi connectivity index (χ4n) is 1.47.